The first-order valence-electron chi connectivity index (χ1n) is 4.83. The zero-order chi connectivity index (χ0) is 12.6. The molecule has 88 valence electrons. The minimum atomic E-state index is -1.13. The van der Waals surface area contributed by atoms with Crippen LogP contribution in [0.3, 0.4) is 0 Å². The van der Waals surface area contributed by atoms with Crippen LogP contribution in [-0.4, -0.2) is 33.9 Å². The van der Waals surface area contributed by atoms with Gasteiger partial charge in [-0.1, -0.05) is 0 Å². The van der Waals surface area contributed by atoms with E-state index in [4.69, 9.17) is 5.11 Å². The Hall–Kier alpha value is -2.37. The summed E-state index contributed by atoms with van der Waals surface area (Å²) in [5.41, 5.74) is 0.874. The Morgan fingerprint density at radius 3 is 2.71 bits per heavy atom. The van der Waals surface area contributed by atoms with Crippen LogP contribution in [0.25, 0.3) is 10.9 Å². The first kappa shape index (κ1) is 11.1. The molecule has 0 bridgehead atoms. The molecule has 0 spiro atoms. The summed E-state index contributed by atoms with van der Waals surface area (Å²) in [7, 11) is 2.92. The molecular weight excluding hydrogens is 224 g/mol. The van der Waals surface area contributed by atoms with Crippen LogP contribution in [0.1, 0.15) is 20.8 Å². The molecule has 1 aromatic heterocycles. The van der Waals surface area contributed by atoms with E-state index in [1.54, 1.807) is 19.2 Å². The molecule has 1 heterocycles. The number of carboxylic acids is 1. The van der Waals surface area contributed by atoms with E-state index in [1.807, 2.05) is 0 Å². The van der Waals surface area contributed by atoms with E-state index in [0.717, 1.165) is 0 Å². The molecule has 6 nitrogen and oxygen atoms in total. The van der Waals surface area contributed by atoms with E-state index < -0.39 is 11.9 Å². The summed E-state index contributed by atoms with van der Waals surface area (Å²) in [6, 6.07) is 4.68. The fourth-order valence-electron chi connectivity index (χ4n) is 1.67. The Balaban J connectivity index is 2.70. The van der Waals surface area contributed by atoms with Crippen LogP contribution >= 0.6 is 0 Å². The largest absolute Gasteiger partial charge is 0.476 e. The highest BCUT2D eigenvalue weighted by Gasteiger charge is 2.16. The van der Waals surface area contributed by atoms with E-state index in [1.165, 1.54) is 17.9 Å². The molecule has 0 fully saturated rings. The molecule has 0 saturated heterocycles. The first-order valence-corrected chi connectivity index (χ1v) is 4.83. The van der Waals surface area contributed by atoms with Gasteiger partial charge in [-0.2, -0.15) is 5.10 Å². The maximum atomic E-state index is 11.3. The third-order valence-corrected chi connectivity index (χ3v) is 2.47. The lowest BCUT2D eigenvalue weighted by molar-refractivity contribution is 0.0599. The average Bonchev–Trinajstić information content (AvgIpc) is 2.65. The molecule has 1 N–H and O–H groups in total. The van der Waals surface area contributed by atoms with Crippen LogP contribution in [0, 0.1) is 0 Å². The maximum Gasteiger partial charge on any atom is 0.357 e. The van der Waals surface area contributed by atoms with Crippen molar-refractivity contribution in [1.82, 2.24) is 9.78 Å². The molecule has 2 rings (SSSR count). The van der Waals surface area contributed by atoms with Gasteiger partial charge >= 0.3 is 11.9 Å². The minimum Gasteiger partial charge on any atom is -0.476 e. The Morgan fingerprint density at radius 1 is 1.41 bits per heavy atom. The number of hydrogen-bond acceptors (Lipinski definition) is 4. The number of ether oxygens (including phenoxy) is 1. The number of benzene rings is 1. The highest BCUT2D eigenvalue weighted by Crippen LogP contribution is 2.20. The second-order valence-electron chi connectivity index (χ2n) is 3.50. The summed E-state index contributed by atoms with van der Waals surface area (Å²) in [6.07, 6.45) is 0. The zero-order valence-electron chi connectivity index (χ0n) is 9.30. The lowest BCUT2D eigenvalue weighted by Gasteiger charge is -1.99. The molecule has 0 atom stereocenters. The zero-order valence-corrected chi connectivity index (χ0v) is 9.30. The fraction of sp³-hybridized carbons (Fsp3) is 0.182. The van der Waals surface area contributed by atoms with Gasteiger partial charge < -0.3 is 9.84 Å². The lowest BCUT2D eigenvalue weighted by atomic mass is 10.1. The van der Waals surface area contributed by atoms with Crippen molar-refractivity contribution in [1.29, 1.82) is 0 Å². The number of aromatic carboxylic acids is 1. The number of methoxy groups -OCH3 is 1. The van der Waals surface area contributed by atoms with Gasteiger partial charge in [0.25, 0.3) is 0 Å². The lowest BCUT2D eigenvalue weighted by Crippen LogP contribution is -2.01. The molecule has 17 heavy (non-hydrogen) atoms. The number of nitrogens with zero attached hydrogens (tertiary/aromatic N) is 2. The number of hydrogen-bond donors (Lipinski definition) is 1. The van der Waals surface area contributed by atoms with Gasteiger partial charge in [-0.3, -0.25) is 4.68 Å². The number of aromatic nitrogens is 2. The van der Waals surface area contributed by atoms with Gasteiger partial charge in [-0.15, -0.1) is 0 Å². The number of esters is 1. The van der Waals surface area contributed by atoms with Gasteiger partial charge in [0.2, 0.25) is 0 Å². The van der Waals surface area contributed by atoms with Gasteiger partial charge in [-0.05, 0) is 18.2 Å². The normalized spacial score (nSPS) is 10.5. The van der Waals surface area contributed by atoms with Crippen molar-refractivity contribution in [3.63, 3.8) is 0 Å². The highest BCUT2D eigenvalue weighted by molar-refractivity contribution is 6.04. The summed E-state index contributed by atoms with van der Waals surface area (Å²) in [5.74, 6) is -1.63. The van der Waals surface area contributed by atoms with Crippen molar-refractivity contribution in [3.8, 4) is 0 Å². The molecular formula is C11H10N2O4. The molecule has 0 aliphatic heterocycles. The second kappa shape index (κ2) is 3.89. The molecule has 1 aromatic carbocycles. The topological polar surface area (TPSA) is 81.4 Å². The molecule has 0 amide bonds. The number of fused-ring (bicyclic) bond motifs is 1. The maximum absolute atomic E-state index is 11.3. The SMILES string of the molecule is COC(=O)c1ccc2c(c1)c(C(=O)O)nn2C. The van der Waals surface area contributed by atoms with Crippen LogP contribution in [-0.2, 0) is 11.8 Å². The third-order valence-electron chi connectivity index (χ3n) is 2.47. The molecule has 0 radical (unpaired) electrons. The highest BCUT2D eigenvalue weighted by atomic mass is 16.5. The standard InChI is InChI=1S/C11H10N2O4/c1-13-8-4-3-6(11(16)17-2)5-7(8)9(12-13)10(14)15/h3-5H,1-2H3,(H,14,15). The molecule has 0 unspecified atom stereocenters. The van der Waals surface area contributed by atoms with E-state index in [2.05, 4.69) is 9.84 Å². The average molecular weight is 234 g/mol. The van der Waals surface area contributed by atoms with E-state index in [0.29, 0.717) is 16.5 Å². The molecule has 0 saturated carbocycles. The Bertz CT molecular complexity index is 615. The summed E-state index contributed by atoms with van der Waals surface area (Å²) in [4.78, 5) is 22.3. The smallest absolute Gasteiger partial charge is 0.357 e. The predicted molar refractivity (Wildman–Crippen MR) is 59.0 cm³/mol. The molecule has 2 aromatic rings. The van der Waals surface area contributed by atoms with Gasteiger partial charge in [-0.25, -0.2) is 9.59 Å². The van der Waals surface area contributed by atoms with Crippen molar-refractivity contribution in [2.75, 3.05) is 7.11 Å². The Morgan fingerprint density at radius 2 is 2.12 bits per heavy atom. The summed E-state index contributed by atoms with van der Waals surface area (Å²) in [6.45, 7) is 0. The molecule has 6 heteroatoms. The summed E-state index contributed by atoms with van der Waals surface area (Å²) in [5, 5.41) is 13.3. The quantitative estimate of drug-likeness (QED) is 0.785. The van der Waals surface area contributed by atoms with E-state index in [-0.39, 0.29) is 5.69 Å². The van der Waals surface area contributed by atoms with Crippen molar-refractivity contribution >= 4 is 22.8 Å². The van der Waals surface area contributed by atoms with Crippen LogP contribution in [0.15, 0.2) is 18.2 Å². The first-order chi connectivity index (χ1) is 8.04. The summed E-state index contributed by atoms with van der Waals surface area (Å²) >= 11 is 0. The van der Waals surface area contributed by atoms with Gasteiger partial charge in [0.15, 0.2) is 5.69 Å². The third kappa shape index (κ3) is 1.73. The van der Waals surface area contributed by atoms with Crippen molar-refractivity contribution in [3.05, 3.63) is 29.5 Å². The van der Waals surface area contributed by atoms with Crippen LogP contribution < -0.4 is 0 Å². The van der Waals surface area contributed by atoms with E-state index >= 15 is 0 Å². The van der Waals surface area contributed by atoms with Crippen molar-refractivity contribution < 1.29 is 19.4 Å². The molecule has 0 aliphatic carbocycles. The predicted octanol–water partition coefficient (Wildman–Crippen LogP) is 1.06. The van der Waals surface area contributed by atoms with Gasteiger partial charge in [0, 0.05) is 12.4 Å². The number of carboxylic acid groups (broad SMARTS) is 1. The second-order valence-corrected chi connectivity index (χ2v) is 3.50. The number of carbonyl (C=O) groups excluding carboxylic acids is 1. The Labute approximate surface area is 96.4 Å². The number of aryl methyl sites for hydroxylation is 1. The monoisotopic (exact) mass is 234 g/mol. The van der Waals surface area contributed by atoms with Crippen LogP contribution in [0.5, 0.6) is 0 Å². The van der Waals surface area contributed by atoms with Crippen molar-refractivity contribution in [2.24, 2.45) is 7.05 Å². The fourth-order valence-corrected chi connectivity index (χ4v) is 1.67. The van der Waals surface area contributed by atoms with Gasteiger partial charge in [0.1, 0.15) is 0 Å². The van der Waals surface area contributed by atoms with Crippen LogP contribution in [0.2, 0.25) is 0 Å². The number of rotatable bonds is 2. The van der Waals surface area contributed by atoms with Crippen LogP contribution in [0.4, 0.5) is 0 Å². The van der Waals surface area contributed by atoms with E-state index in [9.17, 15) is 9.59 Å². The Kier molecular flexibility index (Phi) is 2.55. The summed E-state index contributed by atoms with van der Waals surface area (Å²) < 4.78 is 6.04. The van der Waals surface area contributed by atoms with Crippen molar-refractivity contribution in [2.45, 2.75) is 0 Å². The van der Waals surface area contributed by atoms with Gasteiger partial charge in [0.05, 0.1) is 18.2 Å². The molecule has 0 aliphatic rings. The minimum absolute atomic E-state index is 0.0757. The number of carbonyl (C=O) groups is 2.